The summed E-state index contributed by atoms with van der Waals surface area (Å²) in [7, 11) is 1.53. The number of hydrogen-bond donors (Lipinski definition) is 1. The molecule has 0 aromatic heterocycles. The van der Waals surface area contributed by atoms with Gasteiger partial charge < -0.3 is 10.1 Å². The molecule has 19 heavy (non-hydrogen) atoms. The summed E-state index contributed by atoms with van der Waals surface area (Å²) < 4.78 is 5.15. The lowest BCUT2D eigenvalue weighted by Gasteiger charge is -2.47. The minimum Gasteiger partial charge on any atom is -0.468 e. The number of rotatable bonds is 2. The van der Waals surface area contributed by atoms with Crippen LogP contribution >= 0.6 is 0 Å². The number of nitrogens with one attached hydrogen (secondary N) is 1. The molecule has 2 fully saturated rings. The molecule has 1 heterocycles. The minimum absolute atomic E-state index is 0.0232. The van der Waals surface area contributed by atoms with Crippen molar-refractivity contribution in [3.05, 3.63) is 0 Å². The van der Waals surface area contributed by atoms with E-state index < -0.39 is 0 Å². The third-order valence-corrected chi connectivity index (χ3v) is 4.94. The van der Waals surface area contributed by atoms with Gasteiger partial charge in [0.05, 0.1) is 7.11 Å². The number of esters is 1. The number of methoxy groups -OCH3 is 1. The van der Waals surface area contributed by atoms with Crippen LogP contribution in [0.2, 0.25) is 0 Å². The molecule has 4 heteroatoms. The van der Waals surface area contributed by atoms with Crippen molar-refractivity contribution < 1.29 is 9.53 Å². The normalized spacial score (nSPS) is 27.5. The van der Waals surface area contributed by atoms with Crippen molar-refractivity contribution in [2.24, 2.45) is 5.41 Å². The van der Waals surface area contributed by atoms with Crippen LogP contribution in [0.25, 0.3) is 0 Å². The van der Waals surface area contributed by atoms with E-state index in [1.165, 1.54) is 7.11 Å². The predicted molar refractivity (Wildman–Crippen MR) is 76.1 cm³/mol. The van der Waals surface area contributed by atoms with Crippen molar-refractivity contribution >= 4 is 5.97 Å². The van der Waals surface area contributed by atoms with Gasteiger partial charge in [-0.25, -0.2) is 0 Å². The molecule has 0 radical (unpaired) electrons. The molecule has 0 unspecified atom stereocenters. The molecule has 1 N–H and O–H groups in total. The first-order valence-corrected chi connectivity index (χ1v) is 7.54. The highest BCUT2D eigenvalue weighted by molar-refractivity contribution is 5.81. The molecular weight excluding hydrogens is 240 g/mol. The summed E-state index contributed by atoms with van der Waals surface area (Å²) in [5.74, 6) is -0.0232. The zero-order valence-electron chi connectivity index (χ0n) is 12.6. The summed E-state index contributed by atoms with van der Waals surface area (Å²) in [6, 6.07) is 0. The maximum absolute atomic E-state index is 12.4. The first-order chi connectivity index (χ1) is 9.00. The quantitative estimate of drug-likeness (QED) is 0.775. The fourth-order valence-corrected chi connectivity index (χ4v) is 3.45. The van der Waals surface area contributed by atoms with Crippen molar-refractivity contribution in [2.75, 3.05) is 33.3 Å². The molecule has 0 amide bonds. The standard InChI is InChI=1S/C15H28N2O2/c1-14(2)5-7-15(8-6-14,13(18)19-3)17-11-4-9-16-10-12-17/h16H,4-12H2,1-3H3. The Hall–Kier alpha value is -0.610. The van der Waals surface area contributed by atoms with Gasteiger partial charge in [0.2, 0.25) is 0 Å². The zero-order valence-corrected chi connectivity index (χ0v) is 12.6. The summed E-state index contributed by atoms with van der Waals surface area (Å²) in [5.41, 5.74) is -0.00207. The van der Waals surface area contributed by atoms with Crippen molar-refractivity contribution in [1.29, 1.82) is 0 Å². The molecule has 1 saturated carbocycles. The Balaban J connectivity index is 2.17. The average Bonchev–Trinajstić information content (AvgIpc) is 2.68. The number of nitrogens with zero attached hydrogens (tertiary/aromatic N) is 1. The second-order valence-electron chi connectivity index (χ2n) is 6.78. The van der Waals surface area contributed by atoms with Crippen LogP contribution in [0.4, 0.5) is 0 Å². The minimum atomic E-state index is -0.365. The molecule has 2 rings (SSSR count). The lowest BCUT2D eigenvalue weighted by molar-refractivity contribution is -0.159. The third-order valence-electron chi connectivity index (χ3n) is 4.94. The lowest BCUT2D eigenvalue weighted by Crippen LogP contribution is -2.58. The smallest absolute Gasteiger partial charge is 0.326 e. The average molecular weight is 268 g/mol. The molecule has 2 aliphatic rings. The van der Waals surface area contributed by atoms with Gasteiger partial charge in [-0.3, -0.25) is 9.69 Å². The fraction of sp³-hybridized carbons (Fsp3) is 0.933. The van der Waals surface area contributed by atoms with Crippen molar-refractivity contribution in [2.45, 2.75) is 51.5 Å². The van der Waals surface area contributed by atoms with E-state index in [0.29, 0.717) is 5.41 Å². The van der Waals surface area contributed by atoms with Crippen molar-refractivity contribution in [1.82, 2.24) is 10.2 Å². The summed E-state index contributed by atoms with van der Waals surface area (Å²) in [4.78, 5) is 14.8. The Morgan fingerprint density at radius 3 is 2.42 bits per heavy atom. The van der Waals surface area contributed by atoms with E-state index in [2.05, 4.69) is 24.1 Å². The number of carbonyl (C=O) groups excluding carboxylic acids is 1. The van der Waals surface area contributed by atoms with E-state index in [4.69, 9.17) is 4.74 Å². The Bertz CT molecular complexity index is 310. The van der Waals surface area contributed by atoms with Gasteiger partial charge in [-0.05, 0) is 44.1 Å². The van der Waals surface area contributed by atoms with Gasteiger partial charge in [0, 0.05) is 19.6 Å². The molecule has 0 aromatic rings. The SMILES string of the molecule is COC(=O)C1(N2CCCNCC2)CCC(C)(C)CC1. The van der Waals surface area contributed by atoms with Crippen LogP contribution in [0.3, 0.4) is 0 Å². The van der Waals surface area contributed by atoms with E-state index in [9.17, 15) is 4.79 Å². The predicted octanol–water partition coefficient (Wildman–Crippen LogP) is 1.79. The van der Waals surface area contributed by atoms with Crippen LogP contribution in [0.5, 0.6) is 0 Å². The molecule has 0 spiro atoms. The summed E-state index contributed by atoms with van der Waals surface area (Å²) in [5, 5.41) is 3.41. The summed E-state index contributed by atoms with van der Waals surface area (Å²) in [6.45, 7) is 8.59. The summed E-state index contributed by atoms with van der Waals surface area (Å²) in [6.07, 6.45) is 5.19. The topological polar surface area (TPSA) is 41.6 Å². The molecule has 1 saturated heterocycles. The number of hydrogen-bond acceptors (Lipinski definition) is 4. The van der Waals surface area contributed by atoms with Gasteiger partial charge in [0.25, 0.3) is 0 Å². The summed E-state index contributed by atoms with van der Waals surface area (Å²) >= 11 is 0. The lowest BCUT2D eigenvalue weighted by atomic mass is 9.68. The molecule has 1 aliphatic heterocycles. The van der Waals surface area contributed by atoms with E-state index in [1.807, 2.05) is 0 Å². The maximum atomic E-state index is 12.4. The Kier molecular flexibility index (Phi) is 4.51. The van der Waals surface area contributed by atoms with Gasteiger partial charge in [-0.2, -0.15) is 0 Å². The fourth-order valence-electron chi connectivity index (χ4n) is 3.45. The highest BCUT2D eigenvalue weighted by Gasteiger charge is 2.48. The highest BCUT2D eigenvalue weighted by atomic mass is 16.5. The van der Waals surface area contributed by atoms with Crippen molar-refractivity contribution in [3.8, 4) is 0 Å². The van der Waals surface area contributed by atoms with Gasteiger partial charge in [0.1, 0.15) is 5.54 Å². The molecule has 0 aromatic carbocycles. The van der Waals surface area contributed by atoms with Gasteiger partial charge in [0.15, 0.2) is 0 Å². The first-order valence-electron chi connectivity index (χ1n) is 7.54. The van der Waals surface area contributed by atoms with Gasteiger partial charge >= 0.3 is 5.97 Å². The van der Waals surface area contributed by atoms with E-state index in [0.717, 1.165) is 58.3 Å². The van der Waals surface area contributed by atoms with Crippen LogP contribution in [-0.4, -0.2) is 49.7 Å². The van der Waals surface area contributed by atoms with Crippen LogP contribution in [0.1, 0.15) is 46.0 Å². The first kappa shape index (κ1) is 14.8. The Morgan fingerprint density at radius 2 is 1.79 bits per heavy atom. The van der Waals surface area contributed by atoms with Crippen LogP contribution in [0.15, 0.2) is 0 Å². The largest absolute Gasteiger partial charge is 0.468 e. The third kappa shape index (κ3) is 3.11. The molecule has 110 valence electrons. The zero-order chi connectivity index (χ0) is 13.9. The van der Waals surface area contributed by atoms with Crippen LogP contribution in [-0.2, 0) is 9.53 Å². The highest BCUT2D eigenvalue weighted by Crippen LogP contribution is 2.43. The molecule has 1 aliphatic carbocycles. The number of carbonyl (C=O) groups is 1. The monoisotopic (exact) mass is 268 g/mol. The van der Waals surface area contributed by atoms with Crippen LogP contribution < -0.4 is 5.32 Å². The Morgan fingerprint density at radius 1 is 1.11 bits per heavy atom. The maximum Gasteiger partial charge on any atom is 0.326 e. The molecule has 0 bridgehead atoms. The second-order valence-corrected chi connectivity index (χ2v) is 6.78. The van der Waals surface area contributed by atoms with Gasteiger partial charge in [-0.1, -0.05) is 13.8 Å². The Labute approximate surface area is 116 Å². The van der Waals surface area contributed by atoms with Crippen molar-refractivity contribution in [3.63, 3.8) is 0 Å². The van der Waals surface area contributed by atoms with E-state index in [1.54, 1.807) is 0 Å². The molecule has 4 nitrogen and oxygen atoms in total. The molecule has 0 atom stereocenters. The van der Waals surface area contributed by atoms with Gasteiger partial charge in [-0.15, -0.1) is 0 Å². The van der Waals surface area contributed by atoms with E-state index >= 15 is 0 Å². The number of ether oxygens (including phenoxy) is 1. The van der Waals surface area contributed by atoms with E-state index in [-0.39, 0.29) is 11.5 Å². The molecular formula is C15H28N2O2. The second kappa shape index (κ2) is 5.80. The van der Waals surface area contributed by atoms with Crippen LogP contribution in [0, 0.1) is 5.41 Å².